The van der Waals surface area contributed by atoms with Crippen LogP contribution in [-0.4, -0.2) is 30.0 Å². The molecule has 1 saturated heterocycles. The number of rotatable bonds is 7. The van der Waals surface area contributed by atoms with Crippen molar-refractivity contribution in [1.29, 1.82) is 0 Å². The summed E-state index contributed by atoms with van der Waals surface area (Å²) in [6, 6.07) is 24.5. The van der Waals surface area contributed by atoms with Crippen molar-refractivity contribution >= 4 is 40.8 Å². The standard InChI is InChI=1S/C26H21ClN4O4/c27-21-14-8-7-9-18(21)15-16-28-25(33)22(29-24(32)19-10-3-1-4-11-19)17-23-26(34)35-30-31(23)20-12-5-2-6-13-20/h1-14,17,30H,15-16H2,(H,28,33)/b23-17+,29-22?. The van der Waals surface area contributed by atoms with Gasteiger partial charge in [0.15, 0.2) is 5.70 Å². The molecule has 1 fully saturated rings. The Morgan fingerprint density at radius 3 is 2.34 bits per heavy atom. The van der Waals surface area contributed by atoms with E-state index in [-0.39, 0.29) is 18.0 Å². The first-order valence-corrected chi connectivity index (χ1v) is 11.1. The summed E-state index contributed by atoms with van der Waals surface area (Å²) in [4.78, 5) is 47.2. The van der Waals surface area contributed by atoms with Crippen molar-refractivity contribution in [3.8, 4) is 0 Å². The fraction of sp³-hybridized carbons (Fsp3) is 0.0769. The van der Waals surface area contributed by atoms with Gasteiger partial charge in [0.25, 0.3) is 11.8 Å². The molecule has 1 aliphatic heterocycles. The fourth-order valence-electron chi connectivity index (χ4n) is 3.31. The maximum atomic E-state index is 13.1. The number of halogens is 1. The van der Waals surface area contributed by atoms with Gasteiger partial charge in [-0.25, -0.2) is 14.8 Å². The predicted molar refractivity (Wildman–Crippen MR) is 133 cm³/mol. The van der Waals surface area contributed by atoms with Gasteiger partial charge in [0, 0.05) is 23.2 Å². The van der Waals surface area contributed by atoms with Crippen molar-refractivity contribution in [3.05, 3.63) is 113 Å². The molecular weight excluding hydrogens is 468 g/mol. The highest BCUT2D eigenvalue weighted by atomic mass is 35.5. The fourth-order valence-corrected chi connectivity index (χ4v) is 3.54. The third-order valence-electron chi connectivity index (χ3n) is 5.08. The molecule has 0 aliphatic carbocycles. The number of hydrogen-bond donors (Lipinski definition) is 2. The second kappa shape index (κ2) is 11.2. The van der Waals surface area contributed by atoms with Crippen molar-refractivity contribution in [2.75, 3.05) is 11.6 Å². The third kappa shape index (κ3) is 6.00. The van der Waals surface area contributed by atoms with Crippen LogP contribution in [0.1, 0.15) is 15.9 Å². The van der Waals surface area contributed by atoms with Crippen LogP contribution in [0.15, 0.2) is 102 Å². The maximum Gasteiger partial charge on any atom is 0.376 e. The zero-order valence-electron chi connectivity index (χ0n) is 18.5. The molecule has 1 heterocycles. The number of para-hydroxylation sites is 1. The molecule has 3 aromatic rings. The molecule has 0 bridgehead atoms. The van der Waals surface area contributed by atoms with Crippen molar-refractivity contribution < 1.29 is 19.2 Å². The summed E-state index contributed by atoms with van der Waals surface area (Å²) >= 11 is 6.19. The molecule has 0 saturated carbocycles. The van der Waals surface area contributed by atoms with Crippen molar-refractivity contribution in [2.24, 2.45) is 4.99 Å². The first-order valence-electron chi connectivity index (χ1n) is 10.8. The van der Waals surface area contributed by atoms with Gasteiger partial charge in [-0.1, -0.05) is 71.8 Å². The van der Waals surface area contributed by atoms with E-state index in [9.17, 15) is 14.4 Å². The van der Waals surface area contributed by atoms with Gasteiger partial charge in [-0.15, -0.1) is 0 Å². The van der Waals surface area contributed by atoms with Crippen LogP contribution >= 0.6 is 11.6 Å². The number of nitrogens with one attached hydrogen (secondary N) is 2. The number of hydrazine groups is 1. The van der Waals surface area contributed by atoms with Crippen LogP contribution in [0.25, 0.3) is 0 Å². The average Bonchev–Trinajstić information content (AvgIpc) is 3.25. The molecule has 1 aliphatic rings. The molecule has 35 heavy (non-hydrogen) atoms. The van der Waals surface area contributed by atoms with Gasteiger partial charge in [0.2, 0.25) is 0 Å². The normalized spacial score (nSPS) is 14.7. The molecule has 176 valence electrons. The van der Waals surface area contributed by atoms with Crippen LogP contribution in [0.2, 0.25) is 5.02 Å². The number of anilines is 1. The van der Waals surface area contributed by atoms with Crippen LogP contribution in [0.4, 0.5) is 5.69 Å². The predicted octanol–water partition coefficient (Wildman–Crippen LogP) is 3.65. The molecule has 0 atom stereocenters. The highest BCUT2D eigenvalue weighted by molar-refractivity contribution is 6.45. The minimum atomic E-state index is -0.724. The largest absolute Gasteiger partial charge is 0.376 e. The molecular formula is C26H21ClN4O4. The zero-order valence-corrected chi connectivity index (χ0v) is 19.2. The van der Waals surface area contributed by atoms with Crippen molar-refractivity contribution in [3.63, 3.8) is 0 Å². The van der Waals surface area contributed by atoms with Crippen molar-refractivity contribution in [2.45, 2.75) is 6.42 Å². The van der Waals surface area contributed by atoms with E-state index in [0.717, 1.165) is 5.56 Å². The van der Waals surface area contributed by atoms with Crippen LogP contribution in [0.3, 0.4) is 0 Å². The average molecular weight is 489 g/mol. The highest BCUT2D eigenvalue weighted by Gasteiger charge is 2.30. The van der Waals surface area contributed by atoms with Crippen LogP contribution in [0, 0.1) is 0 Å². The van der Waals surface area contributed by atoms with Crippen molar-refractivity contribution in [1.82, 2.24) is 10.9 Å². The van der Waals surface area contributed by atoms with Gasteiger partial charge >= 0.3 is 5.97 Å². The second-order valence-corrected chi connectivity index (χ2v) is 7.85. The first-order chi connectivity index (χ1) is 17.0. The number of carbonyl (C=O) groups excluding carboxylic acids is 3. The molecule has 2 N–H and O–H groups in total. The van der Waals surface area contributed by atoms with Gasteiger partial charge in [-0.05, 0) is 42.3 Å². The molecule has 0 unspecified atom stereocenters. The molecule has 0 aromatic heterocycles. The molecule has 9 heteroatoms. The second-order valence-electron chi connectivity index (χ2n) is 7.45. The summed E-state index contributed by atoms with van der Waals surface area (Å²) in [7, 11) is 0. The zero-order chi connectivity index (χ0) is 24.6. The number of amides is 2. The van der Waals surface area contributed by atoms with Crippen LogP contribution in [0.5, 0.6) is 0 Å². The van der Waals surface area contributed by atoms with Crippen LogP contribution in [-0.2, 0) is 20.8 Å². The van der Waals surface area contributed by atoms with E-state index >= 15 is 0 Å². The van der Waals surface area contributed by atoms with Gasteiger partial charge in [0.05, 0.1) is 5.69 Å². The van der Waals surface area contributed by atoms with E-state index in [4.69, 9.17) is 16.4 Å². The number of benzene rings is 3. The summed E-state index contributed by atoms with van der Waals surface area (Å²) in [5.41, 5.74) is 4.02. The summed E-state index contributed by atoms with van der Waals surface area (Å²) in [6.45, 7) is 0.245. The Kier molecular flexibility index (Phi) is 7.67. The molecule has 0 spiro atoms. The Hall–Kier alpha value is -4.27. The monoisotopic (exact) mass is 488 g/mol. The van der Waals surface area contributed by atoms with Gasteiger partial charge in [-0.3, -0.25) is 9.59 Å². The minimum Gasteiger partial charge on any atom is -0.350 e. The molecule has 2 amide bonds. The lowest BCUT2D eigenvalue weighted by atomic mass is 10.1. The summed E-state index contributed by atoms with van der Waals surface area (Å²) in [6.07, 6.45) is 1.70. The Labute approximate surface area is 206 Å². The lowest BCUT2D eigenvalue weighted by molar-refractivity contribution is -0.140. The summed E-state index contributed by atoms with van der Waals surface area (Å²) in [5, 5.41) is 4.70. The van der Waals surface area contributed by atoms with E-state index < -0.39 is 17.8 Å². The van der Waals surface area contributed by atoms with Gasteiger partial charge in [0.1, 0.15) is 5.71 Å². The molecule has 4 rings (SSSR count). The van der Waals surface area contributed by atoms with Crippen LogP contribution < -0.4 is 15.9 Å². The number of hydrogen-bond acceptors (Lipinski definition) is 6. The van der Waals surface area contributed by atoms with E-state index in [1.807, 2.05) is 24.3 Å². The highest BCUT2D eigenvalue weighted by Crippen LogP contribution is 2.21. The Balaban J connectivity index is 1.61. The van der Waals surface area contributed by atoms with E-state index in [0.29, 0.717) is 22.7 Å². The number of aliphatic imine (C=N–C) groups is 1. The Morgan fingerprint density at radius 1 is 0.971 bits per heavy atom. The topological polar surface area (TPSA) is 100 Å². The molecule has 0 radical (unpaired) electrons. The maximum absolute atomic E-state index is 13.1. The minimum absolute atomic E-state index is 0.00272. The third-order valence-corrected chi connectivity index (χ3v) is 5.45. The smallest absolute Gasteiger partial charge is 0.350 e. The van der Waals surface area contributed by atoms with Gasteiger partial charge in [-0.2, -0.15) is 0 Å². The summed E-state index contributed by atoms with van der Waals surface area (Å²) in [5.74, 6) is -1.97. The Morgan fingerprint density at radius 2 is 1.63 bits per heavy atom. The van der Waals surface area contributed by atoms with E-state index in [1.165, 1.54) is 11.1 Å². The SMILES string of the molecule is O=C(NCCc1ccccc1Cl)C(/C=C1\C(=O)ONN1c1ccccc1)=NC(=O)c1ccccc1. The Bertz CT molecular complexity index is 1290. The first kappa shape index (κ1) is 23.9. The summed E-state index contributed by atoms with van der Waals surface area (Å²) < 4.78 is 0. The number of nitrogens with zero attached hydrogens (tertiary/aromatic N) is 2. The lowest BCUT2D eigenvalue weighted by Gasteiger charge is -2.15. The molecule has 8 nitrogen and oxygen atoms in total. The van der Waals surface area contributed by atoms with E-state index in [2.05, 4.69) is 15.9 Å². The quantitative estimate of drug-likeness (QED) is 0.389. The lowest BCUT2D eigenvalue weighted by Crippen LogP contribution is -2.34. The number of carbonyl (C=O) groups is 3. The van der Waals surface area contributed by atoms with E-state index in [1.54, 1.807) is 60.7 Å². The molecule has 3 aromatic carbocycles. The van der Waals surface area contributed by atoms with Gasteiger partial charge < -0.3 is 10.2 Å².